The van der Waals surface area contributed by atoms with Crippen LogP contribution in [0.5, 0.6) is 5.75 Å². The second-order valence-electron chi connectivity index (χ2n) is 7.09. The quantitative estimate of drug-likeness (QED) is 0.535. The number of aromatic amines is 1. The summed E-state index contributed by atoms with van der Waals surface area (Å²) in [6.45, 7) is 7.84. The van der Waals surface area contributed by atoms with E-state index in [-0.39, 0.29) is 5.69 Å². The number of Topliss-reactive ketones (excluding diaryl/α,β-unsaturated/α-hetero) is 1. The SMILES string of the molecule is COC(=O)c1c(C)[nH]c(C(=O)[C@@H](C)OC(=O)C(C)(C)Oc2ccc(Cl)cc2)c1C. The summed E-state index contributed by atoms with van der Waals surface area (Å²) in [5.74, 6) is -1.27. The molecule has 2 rings (SSSR count). The van der Waals surface area contributed by atoms with Gasteiger partial charge in [0.1, 0.15) is 5.75 Å². The van der Waals surface area contributed by atoms with Crippen molar-refractivity contribution in [2.45, 2.75) is 46.3 Å². The van der Waals surface area contributed by atoms with Crippen molar-refractivity contribution in [3.8, 4) is 5.75 Å². The Hall–Kier alpha value is -2.80. The third kappa shape index (κ3) is 4.98. The van der Waals surface area contributed by atoms with Crippen LogP contribution >= 0.6 is 11.6 Å². The average molecular weight is 422 g/mol. The maximum atomic E-state index is 12.8. The van der Waals surface area contributed by atoms with E-state index in [1.54, 1.807) is 52.0 Å². The monoisotopic (exact) mass is 421 g/mol. The summed E-state index contributed by atoms with van der Waals surface area (Å²) in [4.78, 5) is 40.1. The van der Waals surface area contributed by atoms with Crippen LogP contribution in [0.15, 0.2) is 24.3 Å². The summed E-state index contributed by atoms with van der Waals surface area (Å²) in [6, 6.07) is 6.54. The molecule has 7 nitrogen and oxygen atoms in total. The Balaban J connectivity index is 2.13. The molecule has 1 atom stereocenters. The van der Waals surface area contributed by atoms with Crippen molar-refractivity contribution in [3.63, 3.8) is 0 Å². The first-order valence-corrected chi connectivity index (χ1v) is 9.33. The number of benzene rings is 1. The number of rotatable bonds is 7. The van der Waals surface area contributed by atoms with E-state index < -0.39 is 29.4 Å². The Morgan fingerprint density at radius 2 is 1.69 bits per heavy atom. The molecule has 0 unspecified atom stereocenters. The number of nitrogens with one attached hydrogen (secondary N) is 1. The zero-order valence-electron chi connectivity index (χ0n) is 17.2. The second-order valence-corrected chi connectivity index (χ2v) is 7.53. The maximum Gasteiger partial charge on any atom is 0.350 e. The number of hydrogen-bond donors (Lipinski definition) is 1. The van der Waals surface area contributed by atoms with Gasteiger partial charge in [-0.2, -0.15) is 0 Å². The van der Waals surface area contributed by atoms with E-state index >= 15 is 0 Å². The van der Waals surface area contributed by atoms with Crippen LogP contribution in [0.1, 0.15) is 52.9 Å². The molecule has 8 heteroatoms. The number of carbonyl (C=O) groups is 3. The zero-order chi connectivity index (χ0) is 21.9. The van der Waals surface area contributed by atoms with Crippen molar-refractivity contribution in [3.05, 3.63) is 51.8 Å². The molecule has 0 aliphatic carbocycles. The highest BCUT2D eigenvalue weighted by Crippen LogP contribution is 2.24. The molecule has 2 aromatic rings. The molecule has 156 valence electrons. The highest BCUT2D eigenvalue weighted by atomic mass is 35.5. The summed E-state index contributed by atoms with van der Waals surface area (Å²) in [6.07, 6.45) is -1.09. The fraction of sp³-hybridized carbons (Fsp3) is 0.381. The molecule has 0 fully saturated rings. The predicted molar refractivity (Wildman–Crippen MR) is 108 cm³/mol. The van der Waals surface area contributed by atoms with Gasteiger partial charge < -0.3 is 19.2 Å². The van der Waals surface area contributed by atoms with Crippen LogP contribution in [0.25, 0.3) is 0 Å². The van der Waals surface area contributed by atoms with E-state index in [0.717, 1.165) is 0 Å². The number of esters is 2. The van der Waals surface area contributed by atoms with Gasteiger partial charge in [0.15, 0.2) is 11.7 Å². The molecule has 0 aliphatic rings. The fourth-order valence-electron chi connectivity index (χ4n) is 2.80. The number of halogens is 1. The minimum atomic E-state index is -1.33. The van der Waals surface area contributed by atoms with Crippen LogP contribution in [0.2, 0.25) is 5.02 Å². The van der Waals surface area contributed by atoms with Gasteiger partial charge >= 0.3 is 11.9 Å². The number of ether oxygens (including phenoxy) is 3. The number of hydrogen-bond acceptors (Lipinski definition) is 6. The lowest BCUT2D eigenvalue weighted by Gasteiger charge is -2.26. The van der Waals surface area contributed by atoms with Crippen molar-refractivity contribution < 1.29 is 28.6 Å². The van der Waals surface area contributed by atoms with Crippen LogP contribution in [-0.2, 0) is 14.3 Å². The molecule has 0 bridgehead atoms. The Morgan fingerprint density at radius 3 is 2.24 bits per heavy atom. The Labute approximate surface area is 174 Å². The fourth-order valence-corrected chi connectivity index (χ4v) is 2.93. The predicted octanol–water partition coefficient (Wildman–Crippen LogP) is 4.04. The van der Waals surface area contributed by atoms with Gasteiger partial charge in [-0.25, -0.2) is 9.59 Å². The maximum absolute atomic E-state index is 12.8. The lowest BCUT2D eigenvalue weighted by atomic mass is 10.1. The molecule has 0 saturated heterocycles. The van der Waals surface area contributed by atoms with Crippen LogP contribution in [-0.4, -0.2) is 41.5 Å². The number of H-pyrrole nitrogens is 1. The molecule has 29 heavy (non-hydrogen) atoms. The molecule has 0 spiro atoms. The molecule has 1 aromatic carbocycles. The lowest BCUT2D eigenvalue weighted by molar-refractivity contribution is -0.162. The second kappa shape index (κ2) is 8.69. The van der Waals surface area contributed by atoms with E-state index in [2.05, 4.69) is 4.98 Å². The number of ketones is 1. The highest BCUT2D eigenvalue weighted by molar-refractivity contribution is 6.30. The number of methoxy groups -OCH3 is 1. The van der Waals surface area contributed by atoms with Gasteiger partial charge in [0, 0.05) is 10.7 Å². The van der Waals surface area contributed by atoms with E-state index in [1.807, 2.05) is 0 Å². The summed E-state index contributed by atoms with van der Waals surface area (Å²) in [7, 11) is 1.27. The van der Waals surface area contributed by atoms with Gasteiger partial charge in [-0.15, -0.1) is 0 Å². The van der Waals surface area contributed by atoms with E-state index in [9.17, 15) is 14.4 Å². The van der Waals surface area contributed by atoms with Crippen LogP contribution in [0.3, 0.4) is 0 Å². The third-order valence-corrected chi connectivity index (χ3v) is 4.66. The summed E-state index contributed by atoms with van der Waals surface area (Å²) >= 11 is 5.85. The number of aromatic nitrogens is 1. The number of carbonyl (C=O) groups excluding carboxylic acids is 3. The summed E-state index contributed by atoms with van der Waals surface area (Å²) in [5, 5.41) is 0.542. The van der Waals surface area contributed by atoms with Gasteiger partial charge in [0.2, 0.25) is 5.78 Å². The zero-order valence-corrected chi connectivity index (χ0v) is 18.0. The molecule has 1 N–H and O–H groups in total. The van der Waals surface area contributed by atoms with Crippen LogP contribution in [0, 0.1) is 13.8 Å². The highest BCUT2D eigenvalue weighted by Gasteiger charge is 2.35. The van der Waals surface area contributed by atoms with Crippen LogP contribution < -0.4 is 4.74 Å². The largest absolute Gasteiger partial charge is 0.476 e. The molecule has 1 heterocycles. The van der Waals surface area contributed by atoms with Crippen molar-refractivity contribution in [2.24, 2.45) is 0 Å². The Bertz CT molecular complexity index is 929. The van der Waals surface area contributed by atoms with Gasteiger partial charge in [0.25, 0.3) is 0 Å². The van der Waals surface area contributed by atoms with Gasteiger partial charge in [0.05, 0.1) is 18.4 Å². The summed E-state index contributed by atoms with van der Waals surface area (Å²) in [5.41, 5.74) is 0.0993. The first-order valence-electron chi connectivity index (χ1n) is 8.95. The molecule has 1 aromatic heterocycles. The minimum Gasteiger partial charge on any atom is -0.476 e. The summed E-state index contributed by atoms with van der Waals surface area (Å²) < 4.78 is 15.8. The smallest absolute Gasteiger partial charge is 0.350 e. The normalized spacial score (nSPS) is 12.2. The first kappa shape index (κ1) is 22.5. The molecule has 0 radical (unpaired) electrons. The molecule has 0 aliphatic heterocycles. The molecule has 0 amide bonds. The van der Waals surface area contributed by atoms with Crippen molar-refractivity contribution in [2.75, 3.05) is 7.11 Å². The standard InChI is InChI=1S/C21H24ClNO6/c1-11-16(19(25)27-6)12(2)23-17(11)18(24)13(3)28-20(26)21(4,5)29-15-9-7-14(22)8-10-15/h7-10,13,23H,1-6H3/t13-/m1/s1. The number of aryl methyl sites for hydroxylation is 1. The van der Waals surface area contributed by atoms with Crippen molar-refractivity contribution >= 4 is 29.3 Å². The van der Waals surface area contributed by atoms with E-state index in [1.165, 1.54) is 14.0 Å². The lowest BCUT2D eigenvalue weighted by Crippen LogP contribution is -2.42. The molecular formula is C21H24ClNO6. The van der Waals surface area contributed by atoms with Gasteiger partial charge in [-0.3, -0.25) is 4.79 Å². The first-order chi connectivity index (χ1) is 13.5. The third-order valence-electron chi connectivity index (χ3n) is 4.40. The Morgan fingerprint density at radius 1 is 1.10 bits per heavy atom. The van der Waals surface area contributed by atoms with Crippen LogP contribution in [0.4, 0.5) is 0 Å². The molecular weight excluding hydrogens is 398 g/mol. The van der Waals surface area contributed by atoms with E-state index in [4.69, 9.17) is 25.8 Å². The average Bonchev–Trinajstić information content (AvgIpc) is 2.96. The van der Waals surface area contributed by atoms with Gasteiger partial charge in [-0.1, -0.05) is 11.6 Å². The minimum absolute atomic E-state index is 0.194. The van der Waals surface area contributed by atoms with E-state index in [0.29, 0.717) is 27.6 Å². The van der Waals surface area contributed by atoms with Crippen molar-refractivity contribution in [1.29, 1.82) is 0 Å². The van der Waals surface area contributed by atoms with Crippen molar-refractivity contribution in [1.82, 2.24) is 4.98 Å². The Kier molecular flexibility index (Phi) is 6.74. The molecule has 0 saturated carbocycles. The topological polar surface area (TPSA) is 94.7 Å². The van der Waals surface area contributed by atoms with Gasteiger partial charge in [-0.05, 0) is 64.4 Å².